The molecule has 92 valence electrons. The van der Waals surface area contributed by atoms with E-state index in [2.05, 4.69) is 35.7 Å². The maximum Gasteiger partial charge on any atom is 0.106 e. The van der Waals surface area contributed by atoms with Crippen LogP contribution in [0.4, 0.5) is 5.69 Å². The zero-order chi connectivity index (χ0) is 12.4. The summed E-state index contributed by atoms with van der Waals surface area (Å²) in [5.41, 5.74) is 8.75. The van der Waals surface area contributed by atoms with Crippen molar-refractivity contribution in [2.24, 2.45) is 0 Å². The van der Waals surface area contributed by atoms with Crippen molar-refractivity contribution < 1.29 is 0 Å². The third kappa shape index (κ3) is 2.41. The standard InChI is InChI=1S/C13H19N3S/c1-9(6-7-17-3)16-10(2)15-12-8-11(14)4-5-13(12)16/h4-5,8-9H,6-7,14H2,1-3H3. The third-order valence-corrected chi connectivity index (χ3v) is 3.71. The van der Waals surface area contributed by atoms with E-state index in [4.69, 9.17) is 5.73 Å². The Balaban J connectivity index is 2.42. The second-order valence-electron chi connectivity index (χ2n) is 4.41. The van der Waals surface area contributed by atoms with Crippen molar-refractivity contribution in [1.82, 2.24) is 9.55 Å². The minimum absolute atomic E-state index is 0.482. The van der Waals surface area contributed by atoms with E-state index in [1.165, 1.54) is 11.3 Å². The Hall–Kier alpha value is -1.16. The number of nitrogens with two attached hydrogens (primary N) is 1. The number of aromatic nitrogens is 2. The first-order valence-corrected chi connectivity index (χ1v) is 7.26. The molecule has 0 bridgehead atoms. The van der Waals surface area contributed by atoms with Crippen LogP contribution in [0.2, 0.25) is 0 Å². The highest BCUT2D eigenvalue weighted by atomic mass is 32.2. The molecular weight excluding hydrogens is 230 g/mol. The largest absolute Gasteiger partial charge is 0.399 e. The Morgan fingerprint density at radius 3 is 2.94 bits per heavy atom. The summed E-state index contributed by atoms with van der Waals surface area (Å²) in [5.74, 6) is 2.24. The number of rotatable bonds is 4. The molecule has 1 aromatic carbocycles. The number of imidazole rings is 1. The Morgan fingerprint density at radius 2 is 2.24 bits per heavy atom. The van der Waals surface area contributed by atoms with Crippen LogP contribution in [0.1, 0.15) is 25.2 Å². The molecule has 17 heavy (non-hydrogen) atoms. The lowest BCUT2D eigenvalue weighted by Gasteiger charge is -2.15. The molecule has 0 aliphatic rings. The summed E-state index contributed by atoms with van der Waals surface area (Å²) < 4.78 is 2.31. The smallest absolute Gasteiger partial charge is 0.106 e. The Kier molecular flexibility index (Phi) is 3.62. The van der Waals surface area contributed by atoms with Gasteiger partial charge in [-0.1, -0.05) is 0 Å². The molecule has 2 rings (SSSR count). The van der Waals surface area contributed by atoms with Crippen molar-refractivity contribution in [3.05, 3.63) is 24.0 Å². The van der Waals surface area contributed by atoms with Gasteiger partial charge in [0.2, 0.25) is 0 Å². The van der Waals surface area contributed by atoms with Gasteiger partial charge in [0, 0.05) is 11.7 Å². The summed E-state index contributed by atoms with van der Waals surface area (Å²) in [6.45, 7) is 4.31. The van der Waals surface area contributed by atoms with Crippen molar-refractivity contribution in [1.29, 1.82) is 0 Å². The fourth-order valence-corrected chi connectivity index (χ4v) is 2.79. The Morgan fingerprint density at radius 1 is 1.47 bits per heavy atom. The summed E-state index contributed by atoms with van der Waals surface area (Å²) in [6, 6.07) is 6.44. The molecule has 4 heteroatoms. The molecule has 1 heterocycles. The van der Waals surface area contributed by atoms with Crippen LogP contribution < -0.4 is 5.73 Å². The maximum absolute atomic E-state index is 5.79. The summed E-state index contributed by atoms with van der Waals surface area (Å²) in [6.07, 6.45) is 3.31. The van der Waals surface area contributed by atoms with Crippen molar-refractivity contribution in [2.75, 3.05) is 17.7 Å². The van der Waals surface area contributed by atoms with E-state index in [-0.39, 0.29) is 0 Å². The minimum atomic E-state index is 0.482. The Bertz CT molecular complexity index is 519. The highest BCUT2D eigenvalue weighted by molar-refractivity contribution is 7.98. The lowest BCUT2D eigenvalue weighted by Crippen LogP contribution is -2.08. The van der Waals surface area contributed by atoms with Crippen LogP contribution in [0, 0.1) is 6.92 Å². The molecule has 1 aromatic heterocycles. The summed E-state index contributed by atoms with van der Waals surface area (Å²) in [7, 11) is 0. The number of nitrogen functional groups attached to an aromatic ring is 1. The molecule has 0 radical (unpaired) electrons. The number of fused-ring (bicyclic) bond motifs is 1. The van der Waals surface area contributed by atoms with Gasteiger partial charge < -0.3 is 10.3 Å². The van der Waals surface area contributed by atoms with Crippen LogP contribution in [-0.4, -0.2) is 21.6 Å². The van der Waals surface area contributed by atoms with Gasteiger partial charge in [0.15, 0.2) is 0 Å². The van der Waals surface area contributed by atoms with Gasteiger partial charge >= 0.3 is 0 Å². The number of thioether (sulfide) groups is 1. The van der Waals surface area contributed by atoms with Gasteiger partial charge in [0.25, 0.3) is 0 Å². The molecule has 2 aromatic rings. The molecule has 0 aliphatic carbocycles. The van der Waals surface area contributed by atoms with E-state index in [1.807, 2.05) is 23.9 Å². The van der Waals surface area contributed by atoms with Crippen LogP contribution in [0.15, 0.2) is 18.2 Å². The van der Waals surface area contributed by atoms with Gasteiger partial charge in [0.1, 0.15) is 5.82 Å². The average molecular weight is 249 g/mol. The van der Waals surface area contributed by atoms with E-state index in [0.29, 0.717) is 6.04 Å². The molecule has 0 saturated carbocycles. The topological polar surface area (TPSA) is 43.8 Å². The third-order valence-electron chi connectivity index (χ3n) is 3.07. The number of aryl methyl sites for hydroxylation is 1. The highest BCUT2D eigenvalue weighted by Gasteiger charge is 2.12. The van der Waals surface area contributed by atoms with Gasteiger partial charge in [-0.2, -0.15) is 11.8 Å². The van der Waals surface area contributed by atoms with Crippen LogP contribution in [0.5, 0.6) is 0 Å². The zero-order valence-electron chi connectivity index (χ0n) is 10.6. The maximum atomic E-state index is 5.79. The van der Waals surface area contributed by atoms with Gasteiger partial charge in [0.05, 0.1) is 11.0 Å². The van der Waals surface area contributed by atoms with E-state index < -0.39 is 0 Å². The lowest BCUT2D eigenvalue weighted by molar-refractivity contribution is 0.536. The van der Waals surface area contributed by atoms with E-state index in [1.54, 1.807) is 0 Å². The summed E-state index contributed by atoms with van der Waals surface area (Å²) in [4.78, 5) is 4.58. The fourth-order valence-electron chi connectivity index (χ4n) is 2.21. The molecule has 1 atom stereocenters. The highest BCUT2D eigenvalue weighted by Crippen LogP contribution is 2.24. The second-order valence-corrected chi connectivity index (χ2v) is 5.39. The molecule has 3 nitrogen and oxygen atoms in total. The number of hydrogen-bond donors (Lipinski definition) is 1. The number of nitrogens with zero attached hydrogens (tertiary/aromatic N) is 2. The van der Waals surface area contributed by atoms with Crippen LogP contribution in [-0.2, 0) is 0 Å². The van der Waals surface area contributed by atoms with Crippen molar-refractivity contribution in [3.8, 4) is 0 Å². The fraction of sp³-hybridized carbons (Fsp3) is 0.462. The first-order valence-electron chi connectivity index (χ1n) is 5.86. The minimum Gasteiger partial charge on any atom is -0.399 e. The lowest BCUT2D eigenvalue weighted by atomic mass is 10.2. The van der Waals surface area contributed by atoms with Crippen molar-refractivity contribution >= 4 is 28.5 Å². The van der Waals surface area contributed by atoms with E-state index in [0.717, 1.165) is 23.4 Å². The molecule has 0 saturated heterocycles. The summed E-state index contributed by atoms with van der Waals surface area (Å²) >= 11 is 1.89. The SMILES string of the molecule is CSCCC(C)n1c(C)nc2cc(N)ccc21. The molecule has 0 aliphatic heterocycles. The second kappa shape index (κ2) is 5.00. The van der Waals surface area contributed by atoms with Crippen LogP contribution in [0.3, 0.4) is 0 Å². The van der Waals surface area contributed by atoms with Crippen molar-refractivity contribution in [2.45, 2.75) is 26.3 Å². The molecule has 2 N–H and O–H groups in total. The quantitative estimate of drug-likeness (QED) is 0.846. The predicted molar refractivity (Wildman–Crippen MR) is 76.6 cm³/mol. The molecule has 0 amide bonds. The predicted octanol–water partition coefficient (Wildman–Crippen LogP) is 3.24. The number of benzene rings is 1. The van der Waals surface area contributed by atoms with Gasteiger partial charge in [-0.25, -0.2) is 4.98 Å². The van der Waals surface area contributed by atoms with Crippen LogP contribution >= 0.6 is 11.8 Å². The summed E-state index contributed by atoms with van der Waals surface area (Å²) in [5, 5.41) is 0. The van der Waals surface area contributed by atoms with Gasteiger partial charge in [-0.05, 0) is 50.5 Å². The first kappa shape index (κ1) is 12.3. The Labute approximate surface area is 106 Å². The molecule has 0 fully saturated rings. The molecule has 0 spiro atoms. The van der Waals surface area contributed by atoms with Crippen LogP contribution in [0.25, 0.3) is 11.0 Å². The number of hydrogen-bond acceptors (Lipinski definition) is 3. The first-order chi connectivity index (χ1) is 8.13. The van der Waals surface area contributed by atoms with Gasteiger partial charge in [-0.15, -0.1) is 0 Å². The normalized spacial score (nSPS) is 13.1. The van der Waals surface area contributed by atoms with Crippen molar-refractivity contribution in [3.63, 3.8) is 0 Å². The van der Waals surface area contributed by atoms with E-state index >= 15 is 0 Å². The number of anilines is 1. The zero-order valence-corrected chi connectivity index (χ0v) is 11.4. The monoisotopic (exact) mass is 249 g/mol. The average Bonchev–Trinajstić information content (AvgIpc) is 2.61. The molecule has 1 unspecified atom stereocenters. The molecular formula is C13H19N3S. The van der Waals surface area contributed by atoms with Gasteiger partial charge in [-0.3, -0.25) is 0 Å². The van der Waals surface area contributed by atoms with E-state index in [9.17, 15) is 0 Å².